The average Bonchev–Trinajstić information content (AvgIpc) is 3.00. The summed E-state index contributed by atoms with van der Waals surface area (Å²) < 4.78 is 5.04. The number of carboxylic acids is 1. The molecule has 2 N–H and O–H groups in total. The first-order valence-electron chi connectivity index (χ1n) is 6.73. The minimum Gasteiger partial charge on any atom is -0.481 e. The largest absolute Gasteiger partial charge is 0.481 e. The summed E-state index contributed by atoms with van der Waals surface area (Å²) in [6.45, 7) is 0.522. The smallest absolute Gasteiger partial charge is 0.305 e. The van der Waals surface area contributed by atoms with Crippen molar-refractivity contribution < 1.29 is 19.1 Å². The van der Waals surface area contributed by atoms with Crippen LogP contribution in [0.5, 0.6) is 0 Å². The molecule has 0 bridgehead atoms. The van der Waals surface area contributed by atoms with E-state index in [0.29, 0.717) is 6.54 Å². The first-order chi connectivity index (χ1) is 10.2. The van der Waals surface area contributed by atoms with Gasteiger partial charge in [0.1, 0.15) is 0 Å². The molecule has 5 nitrogen and oxygen atoms in total. The van der Waals surface area contributed by atoms with Crippen LogP contribution in [0.25, 0.3) is 0 Å². The molecule has 0 spiro atoms. The zero-order chi connectivity index (χ0) is 15.1. The van der Waals surface area contributed by atoms with Gasteiger partial charge in [-0.15, -0.1) is 0 Å². The van der Waals surface area contributed by atoms with Gasteiger partial charge in [-0.05, 0) is 30.7 Å². The summed E-state index contributed by atoms with van der Waals surface area (Å²) >= 11 is 0. The van der Waals surface area contributed by atoms with E-state index in [1.165, 1.54) is 12.3 Å². The highest BCUT2D eigenvalue weighted by molar-refractivity contribution is 5.99. The molecule has 0 aliphatic rings. The zero-order valence-corrected chi connectivity index (χ0v) is 11.5. The van der Waals surface area contributed by atoms with Crippen LogP contribution in [0.2, 0.25) is 0 Å². The molecule has 1 aromatic heterocycles. The number of carboxylic acid groups (broad SMARTS) is 1. The van der Waals surface area contributed by atoms with E-state index in [2.05, 4.69) is 5.32 Å². The summed E-state index contributed by atoms with van der Waals surface area (Å²) in [7, 11) is 0. The summed E-state index contributed by atoms with van der Waals surface area (Å²) in [5.74, 6) is -1.18. The maximum absolute atomic E-state index is 12.2. The van der Waals surface area contributed by atoms with Crippen molar-refractivity contribution in [3.63, 3.8) is 0 Å². The molecule has 0 amide bonds. The van der Waals surface area contributed by atoms with Gasteiger partial charge in [0.2, 0.25) is 5.78 Å². The van der Waals surface area contributed by atoms with Gasteiger partial charge in [0.25, 0.3) is 0 Å². The predicted octanol–water partition coefficient (Wildman–Crippen LogP) is 2.14. The molecule has 0 saturated carbocycles. The molecule has 0 aliphatic heterocycles. The minimum atomic E-state index is -1.02. The van der Waals surface area contributed by atoms with Crippen molar-refractivity contribution in [1.82, 2.24) is 5.32 Å². The second-order valence-corrected chi connectivity index (χ2v) is 4.68. The van der Waals surface area contributed by atoms with Crippen LogP contribution >= 0.6 is 0 Å². The van der Waals surface area contributed by atoms with E-state index in [-0.39, 0.29) is 18.0 Å². The molecule has 5 heteroatoms. The van der Waals surface area contributed by atoms with Gasteiger partial charge in [0.05, 0.1) is 18.7 Å². The first kappa shape index (κ1) is 15.0. The molecule has 0 aliphatic carbocycles. The van der Waals surface area contributed by atoms with E-state index < -0.39 is 12.0 Å². The molecule has 21 heavy (non-hydrogen) atoms. The lowest BCUT2D eigenvalue weighted by atomic mass is 10.1. The Balaban J connectivity index is 1.93. The SMILES string of the molecule is O=C(O)CC(NCCc1ccccc1)C(=O)c1ccco1. The lowest BCUT2D eigenvalue weighted by Crippen LogP contribution is -2.39. The average molecular weight is 287 g/mol. The van der Waals surface area contributed by atoms with Gasteiger partial charge in [-0.3, -0.25) is 9.59 Å². The Bertz CT molecular complexity index is 578. The van der Waals surface area contributed by atoms with Crippen molar-refractivity contribution in [2.75, 3.05) is 6.54 Å². The fourth-order valence-corrected chi connectivity index (χ4v) is 2.06. The number of carbonyl (C=O) groups excluding carboxylic acids is 1. The number of furan rings is 1. The van der Waals surface area contributed by atoms with Gasteiger partial charge < -0.3 is 14.8 Å². The van der Waals surface area contributed by atoms with Crippen LogP contribution in [0.1, 0.15) is 22.5 Å². The summed E-state index contributed by atoms with van der Waals surface area (Å²) in [5, 5.41) is 11.9. The third-order valence-electron chi connectivity index (χ3n) is 3.11. The molecular weight excluding hydrogens is 270 g/mol. The van der Waals surface area contributed by atoms with Crippen LogP contribution in [0.3, 0.4) is 0 Å². The number of benzene rings is 1. The van der Waals surface area contributed by atoms with Crippen molar-refractivity contribution in [2.45, 2.75) is 18.9 Å². The molecule has 2 rings (SSSR count). The molecule has 2 aromatic rings. The second-order valence-electron chi connectivity index (χ2n) is 4.68. The Labute approximate surface area is 122 Å². The highest BCUT2D eigenvalue weighted by Gasteiger charge is 2.24. The number of nitrogens with one attached hydrogen (secondary N) is 1. The van der Waals surface area contributed by atoms with Crippen molar-refractivity contribution >= 4 is 11.8 Å². The van der Waals surface area contributed by atoms with Gasteiger partial charge >= 0.3 is 5.97 Å². The van der Waals surface area contributed by atoms with Crippen LogP contribution in [-0.4, -0.2) is 29.4 Å². The molecule has 1 heterocycles. The Morgan fingerprint density at radius 3 is 2.52 bits per heavy atom. The van der Waals surface area contributed by atoms with Crippen molar-refractivity contribution in [3.05, 3.63) is 60.1 Å². The van der Waals surface area contributed by atoms with E-state index in [1.54, 1.807) is 6.07 Å². The van der Waals surface area contributed by atoms with E-state index in [4.69, 9.17) is 9.52 Å². The maximum Gasteiger partial charge on any atom is 0.305 e. The summed E-state index contributed by atoms with van der Waals surface area (Å²) in [6, 6.07) is 12.2. The third kappa shape index (κ3) is 4.57. The molecule has 1 atom stereocenters. The quantitative estimate of drug-likeness (QED) is 0.727. The standard InChI is InChI=1S/C16H17NO4/c18-15(19)11-13(16(20)14-7-4-10-21-14)17-9-8-12-5-2-1-3-6-12/h1-7,10,13,17H,8-9,11H2,(H,18,19). The van der Waals surface area contributed by atoms with E-state index in [1.807, 2.05) is 30.3 Å². The van der Waals surface area contributed by atoms with Crippen molar-refractivity contribution in [2.24, 2.45) is 0 Å². The Morgan fingerprint density at radius 1 is 1.14 bits per heavy atom. The van der Waals surface area contributed by atoms with Crippen molar-refractivity contribution in [1.29, 1.82) is 0 Å². The fraction of sp³-hybridized carbons (Fsp3) is 0.250. The number of Topliss-reactive ketones (excluding diaryl/α,β-unsaturated/α-hetero) is 1. The first-order valence-corrected chi connectivity index (χ1v) is 6.73. The monoisotopic (exact) mass is 287 g/mol. The molecule has 1 aromatic carbocycles. The molecule has 0 fully saturated rings. The van der Waals surface area contributed by atoms with Crippen molar-refractivity contribution in [3.8, 4) is 0 Å². The Morgan fingerprint density at radius 2 is 1.90 bits per heavy atom. The second kappa shape index (κ2) is 7.40. The maximum atomic E-state index is 12.2. The summed E-state index contributed by atoms with van der Waals surface area (Å²) in [5.41, 5.74) is 1.13. The van der Waals surface area contributed by atoms with Gasteiger partial charge in [-0.2, -0.15) is 0 Å². The molecule has 0 radical (unpaired) electrons. The highest BCUT2D eigenvalue weighted by Crippen LogP contribution is 2.08. The normalized spacial score (nSPS) is 12.0. The van der Waals surface area contributed by atoms with Crippen LogP contribution in [0.15, 0.2) is 53.1 Å². The number of carbonyl (C=O) groups is 2. The molecular formula is C16H17NO4. The van der Waals surface area contributed by atoms with Crippen LogP contribution in [0, 0.1) is 0 Å². The highest BCUT2D eigenvalue weighted by atomic mass is 16.4. The topological polar surface area (TPSA) is 79.5 Å². The molecule has 1 unspecified atom stereocenters. The minimum absolute atomic E-state index is 0.175. The van der Waals surface area contributed by atoms with Gasteiger partial charge in [-0.1, -0.05) is 30.3 Å². The zero-order valence-electron chi connectivity index (χ0n) is 11.5. The number of rotatable bonds is 8. The van der Waals surface area contributed by atoms with Gasteiger partial charge in [-0.25, -0.2) is 0 Å². The lowest BCUT2D eigenvalue weighted by Gasteiger charge is -2.14. The number of aliphatic carboxylic acids is 1. The van der Waals surface area contributed by atoms with Crippen LogP contribution in [0.4, 0.5) is 0 Å². The summed E-state index contributed by atoms with van der Waals surface area (Å²) in [4.78, 5) is 23.1. The Kier molecular flexibility index (Phi) is 5.29. The molecule has 110 valence electrons. The van der Waals surface area contributed by atoms with Crippen LogP contribution < -0.4 is 5.32 Å². The van der Waals surface area contributed by atoms with E-state index in [0.717, 1.165) is 12.0 Å². The molecule has 0 saturated heterocycles. The number of hydrogen-bond donors (Lipinski definition) is 2. The van der Waals surface area contributed by atoms with Gasteiger partial charge in [0, 0.05) is 0 Å². The fourth-order valence-electron chi connectivity index (χ4n) is 2.06. The Hall–Kier alpha value is -2.40. The van der Waals surface area contributed by atoms with E-state index >= 15 is 0 Å². The van der Waals surface area contributed by atoms with E-state index in [9.17, 15) is 9.59 Å². The lowest BCUT2D eigenvalue weighted by molar-refractivity contribution is -0.137. The van der Waals surface area contributed by atoms with Crippen LogP contribution in [-0.2, 0) is 11.2 Å². The number of ketones is 1. The predicted molar refractivity (Wildman–Crippen MR) is 77.2 cm³/mol. The van der Waals surface area contributed by atoms with Gasteiger partial charge in [0.15, 0.2) is 5.76 Å². The summed E-state index contributed by atoms with van der Waals surface area (Å²) in [6.07, 6.45) is 1.85. The number of hydrogen-bond acceptors (Lipinski definition) is 4. The third-order valence-corrected chi connectivity index (χ3v) is 3.11.